The van der Waals surface area contributed by atoms with Crippen LogP contribution in [0.25, 0.3) is 0 Å². The number of aromatic nitrogens is 1. The molecular weight excluding hydrogens is 352 g/mol. The Morgan fingerprint density at radius 2 is 1.65 bits per heavy atom. The first-order valence-electron chi connectivity index (χ1n) is 8.59. The molecule has 1 aromatic heterocycles. The van der Waals surface area contributed by atoms with Gasteiger partial charge in [-0.15, -0.1) is 0 Å². The van der Waals surface area contributed by atoms with Crippen molar-refractivity contribution in [3.05, 3.63) is 52.8 Å². The van der Waals surface area contributed by atoms with Crippen LogP contribution in [-0.2, 0) is 28.4 Å². The van der Waals surface area contributed by atoms with E-state index in [0.29, 0.717) is 13.1 Å². The monoisotopic (exact) mass is 378 g/mol. The fourth-order valence-electron chi connectivity index (χ4n) is 2.97. The van der Waals surface area contributed by atoms with Gasteiger partial charge in [0, 0.05) is 26.3 Å². The maximum atomic E-state index is 12.6. The number of esters is 1. The van der Waals surface area contributed by atoms with Crippen LogP contribution >= 0.6 is 0 Å². The van der Waals surface area contributed by atoms with Crippen LogP contribution in [0.5, 0.6) is 0 Å². The number of nitrogens with zero attached hydrogens (tertiary/aromatic N) is 2. The van der Waals surface area contributed by atoms with Gasteiger partial charge in [-0.2, -0.15) is 4.31 Å². The molecule has 7 heteroatoms. The minimum Gasteiger partial charge on any atom is -0.456 e. The van der Waals surface area contributed by atoms with Crippen LogP contribution in [0.3, 0.4) is 0 Å². The second-order valence-corrected chi connectivity index (χ2v) is 8.27. The van der Waals surface area contributed by atoms with Crippen LogP contribution in [0.4, 0.5) is 0 Å². The first-order chi connectivity index (χ1) is 12.2. The first-order valence-corrected chi connectivity index (χ1v) is 10.0. The number of rotatable bonds is 7. The number of benzene rings is 1. The van der Waals surface area contributed by atoms with Crippen molar-refractivity contribution < 1.29 is 17.9 Å². The van der Waals surface area contributed by atoms with E-state index in [0.717, 1.165) is 16.7 Å². The SMILES string of the molecule is CCN(CC)S(=O)(=O)c1cc(C(=O)OCc2cc(C)cc(C)c2)n(C)c1. The van der Waals surface area contributed by atoms with Crippen molar-refractivity contribution in [2.45, 2.75) is 39.2 Å². The number of aryl methyl sites for hydroxylation is 3. The minimum absolute atomic E-state index is 0.0991. The minimum atomic E-state index is -3.61. The van der Waals surface area contributed by atoms with Crippen molar-refractivity contribution in [1.82, 2.24) is 8.87 Å². The van der Waals surface area contributed by atoms with E-state index in [9.17, 15) is 13.2 Å². The van der Waals surface area contributed by atoms with E-state index in [1.807, 2.05) is 32.0 Å². The molecule has 0 fully saturated rings. The summed E-state index contributed by atoms with van der Waals surface area (Å²) < 4.78 is 33.4. The lowest BCUT2D eigenvalue weighted by atomic mass is 10.1. The van der Waals surface area contributed by atoms with E-state index in [2.05, 4.69) is 0 Å². The summed E-state index contributed by atoms with van der Waals surface area (Å²) in [7, 11) is -1.98. The summed E-state index contributed by atoms with van der Waals surface area (Å²) in [6.07, 6.45) is 1.45. The Morgan fingerprint density at radius 3 is 2.19 bits per heavy atom. The van der Waals surface area contributed by atoms with E-state index in [1.165, 1.54) is 21.1 Å². The summed E-state index contributed by atoms with van der Waals surface area (Å²) in [5.41, 5.74) is 3.31. The van der Waals surface area contributed by atoms with Crippen LogP contribution in [0.15, 0.2) is 35.4 Å². The second kappa shape index (κ2) is 8.05. The van der Waals surface area contributed by atoms with Crippen LogP contribution in [-0.4, -0.2) is 36.3 Å². The van der Waals surface area contributed by atoms with Gasteiger partial charge in [0.05, 0.1) is 0 Å². The third-order valence-corrected chi connectivity index (χ3v) is 6.20. The molecule has 0 saturated carbocycles. The lowest BCUT2D eigenvalue weighted by Crippen LogP contribution is -2.30. The van der Waals surface area contributed by atoms with Crippen molar-refractivity contribution in [2.75, 3.05) is 13.1 Å². The molecular formula is C19H26N2O4S. The fourth-order valence-corrected chi connectivity index (χ4v) is 4.50. The van der Waals surface area contributed by atoms with Gasteiger partial charge in [0.2, 0.25) is 10.0 Å². The van der Waals surface area contributed by atoms with Crippen molar-refractivity contribution in [3.8, 4) is 0 Å². The molecule has 1 heterocycles. The molecule has 0 aliphatic heterocycles. The molecule has 2 rings (SSSR count). The highest BCUT2D eigenvalue weighted by atomic mass is 32.2. The lowest BCUT2D eigenvalue weighted by molar-refractivity contribution is 0.0461. The van der Waals surface area contributed by atoms with Crippen LogP contribution in [0.1, 0.15) is 41.0 Å². The summed E-state index contributed by atoms with van der Waals surface area (Å²) in [5, 5.41) is 0. The normalized spacial score (nSPS) is 11.8. The first kappa shape index (κ1) is 20.2. The molecule has 6 nitrogen and oxygen atoms in total. The maximum Gasteiger partial charge on any atom is 0.355 e. The summed E-state index contributed by atoms with van der Waals surface area (Å²) in [6.45, 7) is 8.43. The molecule has 0 spiro atoms. The van der Waals surface area contributed by atoms with Gasteiger partial charge in [-0.05, 0) is 25.5 Å². The van der Waals surface area contributed by atoms with Crippen LogP contribution < -0.4 is 0 Å². The van der Waals surface area contributed by atoms with Crippen molar-refractivity contribution in [1.29, 1.82) is 0 Å². The van der Waals surface area contributed by atoms with Crippen LogP contribution in [0.2, 0.25) is 0 Å². The van der Waals surface area contributed by atoms with Crippen molar-refractivity contribution in [3.63, 3.8) is 0 Å². The van der Waals surface area contributed by atoms with E-state index < -0.39 is 16.0 Å². The molecule has 26 heavy (non-hydrogen) atoms. The van der Waals surface area contributed by atoms with Crippen LogP contribution in [0, 0.1) is 13.8 Å². The number of carbonyl (C=O) groups excluding carboxylic acids is 1. The average molecular weight is 378 g/mol. The Bertz CT molecular complexity index is 876. The number of ether oxygens (including phenoxy) is 1. The number of hydrogen-bond donors (Lipinski definition) is 0. The standard InChI is InChI=1S/C19H26N2O4S/c1-6-21(7-2)26(23,24)17-11-18(20(5)12-17)19(22)25-13-16-9-14(3)8-15(4)10-16/h8-12H,6-7,13H2,1-5H3. The highest BCUT2D eigenvalue weighted by Crippen LogP contribution is 2.19. The summed E-state index contributed by atoms with van der Waals surface area (Å²) in [5.74, 6) is -0.548. The van der Waals surface area contributed by atoms with Gasteiger partial charge >= 0.3 is 5.97 Å². The van der Waals surface area contributed by atoms with Crippen molar-refractivity contribution >= 4 is 16.0 Å². The zero-order valence-corrected chi connectivity index (χ0v) is 16.8. The van der Waals surface area contributed by atoms with Gasteiger partial charge < -0.3 is 9.30 Å². The molecule has 0 aliphatic rings. The quantitative estimate of drug-likeness (QED) is 0.695. The number of carbonyl (C=O) groups is 1. The number of hydrogen-bond acceptors (Lipinski definition) is 4. The molecule has 0 aliphatic carbocycles. The van der Waals surface area contributed by atoms with Gasteiger partial charge in [-0.25, -0.2) is 13.2 Å². The molecule has 0 unspecified atom stereocenters. The van der Waals surface area contributed by atoms with Gasteiger partial charge in [0.15, 0.2) is 0 Å². The molecule has 0 N–H and O–H groups in total. The smallest absolute Gasteiger partial charge is 0.355 e. The Morgan fingerprint density at radius 1 is 1.08 bits per heavy atom. The predicted octanol–water partition coefficient (Wildman–Crippen LogP) is 3.03. The lowest BCUT2D eigenvalue weighted by Gasteiger charge is -2.17. The Balaban J connectivity index is 2.19. The maximum absolute atomic E-state index is 12.6. The second-order valence-electron chi connectivity index (χ2n) is 6.33. The van der Waals surface area contributed by atoms with Crippen molar-refractivity contribution in [2.24, 2.45) is 7.05 Å². The Kier molecular flexibility index (Phi) is 6.26. The van der Waals surface area contributed by atoms with Gasteiger partial charge in [0.1, 0.15) is 17.2 Å². The van der Waals surface area contributed by atoms with E-state index in [1.54, 1.807) is 20.9 Å². The van der Waals surface area contributed by atoms with Gasteiger partial charge in [-0.1, -0.05) is 43.2 Å². The van der Waals surface area contributed by atoms with E-state index in [4.69, 9.17) is 4.74 Å². The molecule has 0 saturated heterocycles. The predicted molar refractivity (Wildman–Crippen MR) is 101 cm³/mol. The Hall–Kier alpha value is -2.12. The van der Waals surface area contributed by atoms with E-state index >= 15 is 0 Å². The molecule has 1 aromatic carbocycles. The summed E-state index contributed by atoms with van der Waals surface area (Å²) >= 11 is 0. The Labute approximate surface area is 155 Å². The molecule has 0 atom stereocenters. The fraction of sp³-hybridized carbons (Fsp3) is 0.421. The van der Waals surface area contributed by atoms with E-state index in [-0.39, 0.29) is 17.2 Å². The molecule has 0 bridgehead atoms. The summed E-state index contributed by atoms with van der Waals surface area (Å²) in [6, 6.07) is 7.34. The van der Waals surface area contributed by atoms with Gasteiger partial charge in [-0.3, -0.25) is 0 Å². The summed E-state index contributed by atoms with van der Waals surface area (Å²) in [4.78, 5) is 12.5. The highest BCUT2D eigenvalue weighted by molar-refractivity contribution is 7.89. The molecule has 142 valence electrons. The highest BCUT2D eigenvalue weighted by Gasteiger charge is 2.25. The number of sulfonamides is 1. The largest absolute Gasteiger partial charge is 0.456 e. The zero-order chi connectivity index (χ0) is 19.5. The molecule has 0 amide bonds. The third-order valence-electron chi connectivity index (χ3n) is 4.18. The molecule has 0 radical (unpaired) electrons. The van der Waals surface area contributed by atoms with Gasteiger partial charge in [0.25, 0.3) is 0 Å². The molecule has 2 aromatic rings. The average Bonchev–Trinajstić information content (AvgIpc) is 2.95. The zero-order valence-electron chi connectivity index (χ0n) is 15.9. The topological polar surface area (TPSA) is 68.6 Å². The third kappa shape index (κ3) is 4.34.